The van der Waals surface area contributed by atoms with Crippen molar-refractivity contribution in [1.82, 2.24) is 9.88 Å². The van der Waals surface area contributed by atoms with Crippen molar-refractivity contribution in [2.24, 2.45) is 0 Å². The molecule has 15 heteroatoms. The van der Waals surface area contributed by atoms with Crippen molar-refractivity contribution in [1.29, 1.82) is 0 Å². The highest BCUT2D eigenvalue weighted by Gasteiger charge is 2.38. The van der Waals surface area contributed by atoms with Gasteiger partial charge in [0.25, 0.3) is 5.91 Å². The van der Waals surface area contributed by atoms with Crippen molar-refractivity contribution in [2.45, 2.75) is 18.8 Å². The second-order valence-corrected chi connectivity index (χ2v) is 9.68. The topological polar surface area (TPSA) is 64.1 Å². The van der Waals surface area contributed by atoms with Gasteiger partial charge in [-0.2, -0.15) is 26.3 Å². The zero-order valence-corrected chi connectivity index (χ0v) is 23.0. The molecule has 1 saturated heterocycles. The van der Waals surface area contributed by atoms with Crippen LogP contribution >= 0.6 is 23.7 Å². The number of hydrogen-bond acceptors (Lipinski definition) is 7. The van der Waals surface area contributed by atoms with Crippen LogP contribution in [0.1, 0.15) is 27.9 Å². The summed E-state index contributed by atoms with van der Waals surface area (Å²) in [7, 11) is 2.86. The first-order chi connectivity index (χ1) is 18.4. The van der Waals surface area contributed by atoms with Crippen LogP contribution in [0.5, 0.6) is 11.5 Å². The van der Waals surface area contributed by atoms with Crippen LogP contribution < -0.4 is 14.4 Å². The predicted molar refractivity (Wildman–Crippen MR) is 140 cm³/mol. The summed E-state index contributed by atoms with van der Waals surface area (Å²) in [4.78, 5) is 21.3. The zero-order chi connectivity index (χ0) is 28.4. The minimum absolute atomic E-state index is 0. The number of morpholine rings is 1. The van der Waals surface area contributed by atoms with Crippen molar-refractivity contribution in [3.8, 4) is 11.5 Å². The highest BCUT2D eigenvalue weighted by atomic mass is 35.5. The Kier molecular flexibility index (Phi) is 10.1. The number of methoxy groups -OCH3 is 2. The molecule has 1 aromatic heterocycles. The lowest BCUT2D eigenvalue weighted by atomic mass is 10.0. The van der Waals surface area contributed by atoms with Crippen LogP contribution in [0.4, 0.5) is 31.5 Å². The average molecular weight is 614 g/mol. The summed E-state index contributed by atoms with van der Waals surface area (Å²) in [5, 5.41) is 0.0887. The van der Waals surface area contributed by atoms with Crippen molar-refractivity contribution in [3.05, 3.63) is 47.0 Å². The van der Waals surface area contributed by atoms with E-state index in [1.165, 1.54) is 14.2 Å². The number of fused-ring (bicyclic) bond motifs is 1. The van der Waals surface area contributed by atoms with Crippen LogP contribution in [-0.4, -0.2) is 69.4 Å². The van der Waals surface area contributed by atoms with Gasteiger partial charge in [-0.1, -0.05) is 11.3 Å². The molecule has 0 unspecified atom stereocenters. The number of aromatic nitrogens is 1. The van der Waals surface area contributed by atoms with E-state index in [9.17, 15) is 31.1 Å². The maximum absolute atomic E-state index is 13.6. The number of alkyl halides is 6. The molecule has 3 aromatic rings. The molecule has 0 radical (unpaired) electrons. The van der Waals surface area contributed by atoms with Crippen LogP contribution in [0.15, 0.2) is 30.3 Å². The molecule has 0 saturated carbocycles. The van der Waals surface area contributed by atoms with Crippen LogP contribution in [0.3, 0.4) is 0 Å². The Morgan fingerprint density at radius 1 is 1.00 bits per heavy atom. The molecule has 0 aliphatic carbocycles. The SMILES string of the molecule is COc1ccc(OC)c2sc(N(CCCN3CCOCC3)C(=O)c3cc(C(F)(F)F)cc(C(F)(F)F)c3)nc12.Cl. The second-order valence-electron chi connectivity index (χ2n) is 8.70. The number of ether oxygens (including phenoxy) is 3. The summed E-state index contributed by atoms with van der Waals surface area (Å²) in [6.45, 7) is 2.98. The molecule has 1 aliphatic heterocycles. The largest absolute Gasteiger partial charge is 0.495 e. The number of thiazole rings is 1. The third-order valence-corrected chi connectivity index (χ3v) is 7.26. The number of rotatable bonds is 8. The number of halogens is 7. The lowest BCUT2D eigenvalue weighted by Gasteiger charge is -2.28. The summed E-state index contributed by atoms with van der Waals surface area (Å²) in [6.07, 6.45) is -9.79. The highest BCUT2D eigenvalue weighted by Crippen LogP contribution is 2.41. The molecule has 1 aliphatic rings. The number of anilines is 1. The molecule has 40 heavy (non-hydrogen) atoms. The standard InChI is InChI=1S/C25H25F6N3O4S.ClH/c1-36-18-4-5-19(37-2)21-20(18)32-23(39-21)34(7-3-6-33-8-10-38-11-9-33)22(35)15-12-16(24(26,27)28)14-17(13-15)25(29,30)31;/h4-5,12-14H,3,6-11H2,1-2H3;1H. The predicted octanol–water partition coefficient (Wildman–Crippen LogP) is 6.14. The monoisotopic (exact) mass is 613 g/mol. The Bertz CT molecular complexity index is 1260. The average Bonchev–Trinajstić information content (AvgIpc) is 3.35. The van der Waals surface area contributed by atoms with Gasteiger partial charge in [0.1, 0.15) is 21.7 Å². The van der Waals surface area contributed by atoms with Gasteiger partial charge in [0.05, 0.1) is 38.6 Å². The molecule has 0 N–H and O–H groups in total. The molecule has 0 atom stereocenters. The summed E-state index contributed by atoms with van der Waals surface area (Å²) in [5.74, 6) is -0.244. The lowest BCUT2D eigenvalue weighted by molar-refractivity contribution is -0.143. The van der Waals surface area contributed by atoms with Gasteiger partial charge in [0.2, 0.25) is 0 Å². The first-order valence-electron chi connectivity index (χ1n) is 11.9. The third-order valence-electron chi connectivity index (χ3n) is 6.17. The van der Waals surface area contributed by atoms with Crippen LogP contribution in [0.25, 0.3) is 10.2 Å². The van der Waals surface area contributed by atoms with Crippen molar-refractivity contribution >= 4 is 45.0 Å². The van der Waals surface area contributed by atoms with E-state index in [0.717, 1.165) is 16.2 Å². The minimum atomic E-state index is -5.09. The molecule has 1 amide bonds. The van der Waals surface area contributed by atoms with E-state index in [4.69, 9.17) is 14.2 Å². The van der Waals surface area contributed by atoms with Gasteiger partial charge >= 0.3 is 12.4 Å². The normalized spacial score (nSPS) is 14.6. The summed E-state index contributed by atoms with van der Waals surface area (Å²) in [6, 6.07) is 4.10. The smallest absolute Gasteiger partial charge is 0.416 e. The Hall–Kier alpha value is -2.81. The molecular formula is C25H26ClF6N3O4S. The quantitative estimate of drug-likeness (QED) is 0.284. The van der Waals surface area contributed by atoms with E-state index >= 15 is 0 Å². The first kappa shape index (κ1) is 31.7. The molecule has 0 spiro atoms. The minimum Gasteiger partial charge on any atom is -0.495 e. The number of amides is 1. The van der Waals surface area contributed by atoms with Gasteiger partial charge < -0.3 is 14.2 Å². The van der Waals surface area contributed by atoms with Crippen molar-refractivity contribution in [3.63, 3.8) is 0 Å². The maximum atomic E-state index is 13.6. The summed E-state index contributed by atoms with van der Waals surface area (Å²) in [5.41, 5.74) is -3.53. The fourth-order valence-corrected chi connectivity index (χ4v) is 5.28. The van der Waals surface area contributed by atoms with Gasteiger partial charge in [-0.05, 0) is 36.8 Å². The fourth-order valence-electron chi connectivity index (χ4n) is 4.19. The number of carbonyl (C=O) groups excluding carboxylic acids is 1. The second kappa shape index (κ2) is 12.8. The van der Waals surface area contributed by atoms with E-state index < -0.39 is 35.0 Å². The van der Waals surface area contributed by atoms with Gasteiger partial charge in [0.15, 0.2) is 5.13 Å². The molecular weight excluding hydrogens is 588 g/mol. The Morgan fingerprint density at radius 2 is 1.57 bits per heavy atom. The van der Waals surface area contributed by atoms with Crippen LogP contribution in [-0.2, 0) is 17.1 Å². The van der Waals surface area contributed by atoms with Gasteiger partial charge in [-0.25, -0.2) is 4.98 Å². The van der Waals surface area contributed by atoms with E-state index in [1.54, 1.807) is 12.1 Å². The molecule has 1 fully saturated rings. The van der Waals surface area contributed by atoms with Crippen LogP contribution in [0.2, 0.25) is 0 Å². The molecule has 0 bridgehead atoms. The molecule has 220 valence electrons. The number of hydrogen-bond donors (Lipinski definition) is 0. The number of carbonyl (C=O) groups is 1. The Morgan fingerprint density at radius 3 is 2.12 bits per heavy atom. The Labute approximate surface area is 236 Å². The first-order valence-corrected chi connectivity index (χ1v) is 12.7. The van der Waals surface area contributed by atoms with Crippen LogP contribution in [0, 0.1) is 0 Å². The fraction of sp³-hybridized carbons (Fsp3) is 0.440. The van der Waals surface area contributed by atoms with E-state index in [-0.39, 0.29) is 30.1 Å². The third kappa shape index (κ3) is 7.09. The molecule has 2 aromatic carbocycles. The number of nitrogens with zero attached hydrogens (tertiary/aromatic N) is 3. The van der Waals surface area contributed by atoms with Crippen molar-refractivity contribution < 1.29 is 45.3 Å². The van der Waals surface area contributed by atoms with E-state index in [0.29, 0.717) is 73.1 Å². The number of benzene rings is 2. The van der Waals surface area contributed by atoms with Gasteiger partial charge in [-0.3, -0.25) is 14.6 Å². The van der Waals surface area contributed by atoms with Gasteiger partial charge in [-0.15, -0.1) is 12.4 Å². The summed E-state index contributed by atoms with van der Waals surface area (Å²) >= 11 is 1.03. The maximum Gasteiger partial charge on any atom is 0.416 e. The summed E-state index contributed by atoms with van der Waals surface area (Å²) < 4.78 is 97.5. The van der Waals surface area contributed by atoms with Gasteiger partial charge in [0, 0.05) is 31.7 Å². The molecule has 7 nitrogen and oxygen atoms in total. The van der Waals surface area contributed by atoms with E-state index in [2.05, 4.69) is 9.88 Å². The lowest BCUT2D eigenvalue weighted by Crippen LogP contribution is -2.39. The zero-order valence-electron chi connectivity index (χ0n) is 21.4. The molecule has 2 heterocycles. The molecule has 4 rings (SSSR count). The highest BCUT2D eigenvalue weighted by molar-refractivity contribution is 7.22. The van der Waals surface area contributed by atoms with E-state index in [1.807, 2.05) is 0 Å². The Balaban J connectivity index is 0.00000441. The van der Waals surface area contributed by atoms with Crippen molar-refractivity contribution in [2.75, 3.05) is 58.5 Å².